The van der Waals surface area contributed by atoms with E-state index in [9.17, 15) is 4.79 Å². The minimum Gasteiger partial charge on any atom is -0.467 e. The van der Waals surface area contributed by atoms with Gasteiger partial charge in [-0.2, -0.15) is 0 Å². The van der Waals surface area contributed by atoms with Crippen molar-refractivity contribution >= 4 is 5.91 Å². The second-order valence-corrected chi connectivity index (χ2v) is 3.92. The highest BCUT2D eigenvalue weighted by Crippen LogP contribution is 2.24. The second-order valence-electron chi connectivity index (χ2n) is 3.92. The van der Waals surface area contributed by atoms with Gasteiger partial charge in [-0.15, -0.1) is 0 Å². The van der Waals surface area contributed by atoms with Crippen LogP contribution in [0.4, 0.5) is 0 Å². The molecule has 0 aliphatic carbocycles. The molecule has 1 aliphatic heterocycles. The van der Waals surface area contributed by atoms with Gasteiger partial charge in [0.15, 0.2) is 0 Å². The maximum absolute atomic E-state index is 11.4. The zero-order chi connectivity index (χ0) is 10.7. The highest BCUT2D eigenvalue weighted by molar-refractivity contribution is 5.80. The number of nitrogens with zero attached hydrogens (tertiary/aromatic N) is 1. The summed E-state index contributed by atoms with van der Waals surface area (Å²) in [6.07, 6.45) is 5.07. The van der Waals surface area contributed by atoms with Crippen LogP contribution in [-0.2, 0) is 4.79 Å². The Morgan fingerprint density at radius 3 is 2.67 bits per heavy atom. The van der Waals surface area contributed by atoms with Crippen molar-refractivity contribution in [3.05, 3.63) is 24.2 Å². The van der Waals surface area contributed by atoms with Crippen LogP contribution >= 0.6 is 0 Å². The summed E-state index contributed by atoms with van der Waals surface area (Å²) in [5.74, 6) is 0.330. The van der Waals surface area contributed by atoms with Gasteiger partial charge in [-0.05, 0) is 38.1 Å². The molecule has 1 unspecified atom stereocenters. The first-order chi connectivity index (χ1) is 7.29. The summed E-state index contributed by atoms with van der Waals surface area (Å²) in [6.45, 7) is 1.85. The molecule has 1 saturated heterocycles. The first-order valence-corrected chi connectivity index (χ1v) is 5.36. The van der Waals surface area contributed by atoms with Crippen molar-refractivity contribution < 1.29 is 9.21 Å². The highest BCUT2D eigenvalue weighted by atomic mass is 16.3. The second kappa shape index (κ2) is 4.49. The van der Waals surface area contributed by atoms with Crippen molar-refractivity contribution in [1.29, 1.82) is 0 Å². The van der Waals surface area contributed by atoms with Crippen molar-refractivity contribution in [2.45, 2.75) is 25.3 Å². The van der Waals surface area contributed by atoms with E-state index in [1.165, 1.54) is 6.42 Å². The fourth-order valence-corrected chi connectivity index (χ4v) is 2.12. The van der Waals surface area contributed by atoms with Gasteiger partial charge in [-0.1, -0.05) is 6.42 Å². The normalized spacial score (nSPS) is 20.0. The fourth-order valence-electron chi connectivity index (χ4n) is 2.12. The van der Waals surface area contributed by atoms with Gasteiger partial charge in [0, 0.05) is 0 Å². The van der Waals surface area contributed by atoms with Crippen molar-refractivity contribution in [3.8, 4) is 0 Å². The number of piperidine rings is 1. The Hall–Kier alpha value is -1.29. The monoisotopic (exact) mass is 208 g/mol. The highest BCUT2D eigenvalue weighted by Gasteiger charge is 2.28. The SMILES string of the molecule is NC(=O)C(c1ccco1)N1CCCCC1. The number of rotatable bonds is 3. The Labute approximate surface area is 89.0 Å². The Kier molecular flexibility index (Phi) is 3.06. The average Bonchev–Trinajstić information content (AvgIpc) is 2.72. The van der Waals surface area contributed by atoms with Crippen molar-refractivity contribution in [3.63, 3.8) is 0 Å². The molecule has 1 aromatic rings. The van der Waals surface area contributed by atoms with E-state index in [2.05, 4.69) is 4.90 Å². The lowest BCUT2D eigenvalue weighted by Crippen LogP contribution is -2.40. The molecule has 0 saturated carbocycles. The lowest BCUT2D eigenvalue weighted by Gasteiger charge is -2.31. The summed E-state index contributed by atoms with van der Waals surface area (Å²) in [7, 11) is 0. The minimum absolute atomic E-state index is 0.327. The molecule has 1 aliphatic rings. The van der Waals surface area contributed by atoms with Crippen LogP contribution in [0.3, 0.4) is 0 Å². The molecule has 82 valence electrons. The maximum Gasteiger partial charge on any atom is 0.242 e. The van der Waals surface area contributed by atoms with Crippen LogP contribution in [0.5, 0.6) is 0 Å². The van der Waals surface area contributed by atoms with Gasteiger partial charge in [0.2, 0.25) is 5.91 Å². The van der Waals surface area contributed by atoms with E-state index in [1.54, 1.807) is 12.3 Å². The maximum atomic E-state index is 11.4. The molecule has 2 rings (SSSR count). The molecule has 4 nitrogen and oxygen atoms in total. The van der Waals surface area contributed by atoms with Crippen LogP contribution < -0.4 is 5.73 Å². The van der Waals surface area contributed by atoms with E-state index in [0.717, 1.165) is 25.9 Å². The van der Waals surface area contributed by atoms with Crippen LogP contribution in [0.25, 0.3) is 0 Å². The summed E-state index contributed by atoms with van der Waals surface area (Å²) >= 11 is 0. The number of furan rings is 1. The van der Waals surface area contributed by atoms with Crippen LogP contribution in [0, 0.1) is 0 Å². The summed E-state index contributed by atoms with van der Waals surface area (Å²) < 4.78 is 5.27. The van der Waals surface area contributed by atoms with Gasteiger partial charge < -0.3 is 10.2 Å². The molecular formula is C11H16N2O2. The van der Waals surface area contributed by atoms with E-state index in [-0.39, 0.29) is 11.9 Å². The van der Waals surface area contributed by atoms with Crippen LogP contribution in [0.15, 0.2) is 22.8 Å². The number of carbonyl (C=O) groups is 1. The fraction of sp³-hybridized carbons (Fsp3) is 0.545. The largest absolute Gasteiger partial charge is 0.467 e. The molecule has 0 spiro atoms. The summed E-state index contributed by atoms with van der Waals surface area (Å²) in [5.41, 5.74) is 5.42. The first-order valence-electron chi connectivity index (χ1n) is 5.36. The molecule has 0 bridgehead atoms. The van der Waals surface area contributed by atoms with Crippen molar-refractivity contribution in [1.82, 2.24) is 4.90 Å². The molecule has 4 heteroatoms. The van der Waals surface area contributed by atoms with Crippen LogP contribution in [0.1, 0.15) is 31.1 Å². The molecule has 1 atom stereocenters. The summed E-state index contributed by atoms with van der Waals surface area (Å²) in [6, 6.07) is 3.21. The third-order valence-electron chi connectivity index (χ3n) is 2.84. The van der Waals surface area contributed by atoms with Crippen molar-refractivity contribution in [2.75, 3.05) is 13.1 Å². The third-order valence-corrected chi connectivity index (χ3v) is 2.84. The van der Waals surface area contributed by atoms with Crippen molar-refractivity contribution in [2.24, 2.45) is 5.73 Å². The first kappa shape index (κ1) is 10.2. The zero-order valence-electron chi connectivity index (χ0n) is 8.69. The van der Waals surface area contributed by atoms with Crippen LogP contribution in [0.2, 0.25) is 0 Å². The van der Waals surface area contributed by atoms with E-state index in [4.69, 9.17) is 10.2 Å². The number of hydrogen-bond acceptors (Lipinski definition) is 3. The number of nitrogens with two attached hydrogens (primary N) is 1. The van der Waals surface area contributed by atoms with Gasteiger partial charge in [0.1, 0.15) is 11.8 Å². The van der Waals surface area contributed by atoms with Crippen LogP contribution in [-0.4, -0.2) is 23.9 Å². The Morgan fingerprint density at radius 1 is 1.40 bits per heavy atom. The van der Waals surface area contributed by atoms with Gasteiger partial charge in [-0.25, -0.2) is 0 Å². The van der Waals surface area contributed by atoms with E-state index in [1.807, 2.05) is 6.07 Å². The van der Waals surface area contributed by atoms with Gasteiger partial charge >= 0.3 is 0 Å². The summed E-state index contributed by atoms with van der Waals surface area (Å²) in [4.78, 5) is 13.5. The Bertz CT molecular complexity index is 315. The predicted octanol–water partition coefficient (Wildman–Crippen LogP) is 1.29. The summed E-state index contributed by atoms with van der Waals surface area (Å²) in [5, 5.41) is 0. The molecule has 1 aromatic heterocycles. The van der Waals surface area contributed by atoms with E-state index in [0.29, 0.717) is 5.76 Å². The number of hydrogen-bond donors (Lipinski definition) is 1. The average molecular weight is 208 g/mol. The zero-order valence-corrected chi connectivity index (χ0v) is 8.69. The molecular weight excluding hydrogens is 192 g/mol. The predicted molar refractivity (Wildman–Crippen MR) is 56.1 cm³/mol. The topological polar surface area (TPSA) is 59.5 Å². The van der Waals surface area contributed by atoms with Gasteiger partial charge in [0.05, 0.1) is 6.26 Å². The molecule has 0 radical (unpaired) electrons. The Balaban J connectivity index is 2.15. The minimum atomic E-state index is -0.389. The van der Waals surface area contributed by atoms with E-state index >= 15 is 0 Å². The molecule has 1 fully saturated rings. The quantitative estimate of drug-likeness (QED) is 0.814. The van der Waals surface area contributed by atoms with E-state index < -0.39 is 0 Å². The molecule has 15 heavy (non-hydrogen) atoms. The number of primary amides is 1. The molecule has 0 aromatic carbocycles. The molecule has 1 amide bonds. The third kappa shape index (κ3) is 2.21. The Morgan fingerprint density at radius 2 is 2.13 bits per heavy atom. The number of carbonyl (C=O) groups excluding carboxylic acids is 1. The lowest BCUT2D eigenvalue weighted by atomic mass is 10.1. The number of likely N-dealkylation sites (tertiary alicyclic amines) is 1. The molecule has 2 heterocycles. The smallest absolute Gasteiger partial charge is 0.242 e. The van der Waals surface area contributed by atoms with Gasteiger partial charge in [0.25, 0.3) is 0 Å². The number of amides is 1. The molecule has 2 N–H and O–H groups in total. The standard InChI is InChI=1S/C11H16N2O2/c12-11(14)10(9-5-4-8-15-9)13-6-2-1-3-7-13/h4-5,8,10H,1-3,6-7H2,(H2,12,14). The van der Waals surface area contributed by atoms with Gasteiger partial charge in [-0.3, -0.25) is 9.69 Å². The lowest BCUT2D eigenvalue weighted by molar-refractivity contribution is -0.124.